The molecule has 3 heteroatoms. The van der Waals surface area contributed by atoms with Crippen molar-refractivity contribution >= 4 is 8.78 Å². The molecule has 0 spiro atoms. The van der Waals surface area contributed by atoms with Gasteiger partial charge in [-0.2, -0.15) is 28.8 Å². The number of hydrogen-bond donors (Lipinski definition) is 0. The van der Waals surface area contributed by atoms with Crippen LogP contribution in [0.25, 0.3) is 5.57 Å². The van der Waals surface area contributed by atoms with Gasteiger partial charge in [0, 0.05) is 0 Å². The SMILES string of the molecule is C[C-]1C2=C3Cc4ccccc4C3=C3C=CCCC3C2(C)C(C)(C)C(C)(C)C1(C)C.C[C](C)=[Zr+2].Cc1c[cH-]c(C)c1.[Cl-].[Cl-]. The van der Waals surface area contributed by atoms with Crippen molar-refractivity contribution in [2.24, 2.45) is 27.6 Å². The van der Waals surface area contributed by atoms with Crippen LogP contribution in [0.15, 0.2) is 71.3 Å². The van der Waals surface area contributed by atoms with Crippen molar-refractivity contribution in [3.63, 3.8) is 0 Å². The molecule has 0 radical (unpaired) electrons. The van der Waals surface area contributed by atoms with E-state index >= 15 is 0 Å². The fraction of sp³-hybridized carbons (Fsp3) is 0.513. The summed E-state index contributed by atoms with van der Waals surface area (Å²) in [6.07, 6.45) is 8.50. The Balaban J connectivity index is 0.000000404. The zero-order valence-electron chi connectivity index (χ0n) is 28.2. The summed E-state index contributed by atoms with van der Waals surface area (Å²) in [6.45, 7) is 28.7. The summed E-state index contributed by atoms with van der Waals surface area (Å²) in [4.78, 5) is 0. The molecule has 0 heterocycles. The second kappa shape index (κ2) is 13.2. The smallest absolute Gasteiger partial charge is 0.0635 e. The van der Waals surface area contributed by atoms with Gasteiger partial charge in [-0.1, -0.05) is 127 Å². The molecule has 4 aliphatic carbocycles. The van der Waals surface area contributed by atoms with E-state index in [4.69, 9.17) is 0 Å². The van der Waals surface area contributed by atoms with Crippen LogP contribution < -0.4 is 24.8 Å². The Morgan fingerprint density at radius 3 is 2.07 bits per heavy atom. The van der Waals surface area contributed by atoms with Crippen molar-refractivity contribution in [2.45, 2.75) is 102 Å². The van der Waals surface area contributed by atoms with Crippen LogP contribution in [0.5, 0.6) is 0 Å². The largest absolute Gasteiger partial charge is 1.00 e. The van der Waals surface area contributed by atoms with Gasteiger partial charge in [-0.05, 0) is 40.6 Å². The third-order valence-electron chi connectivity index (χ3n) is 11.9. The van der Waals surface area contributed by atoms with Crippen molar-refractivity contribution in [1.29, 1.82) is 0 Å². The maximum absolute atomic E-state index is 2.62. The molecule has 0 aliphatic heterocycles. The molecule has 2 aromatic carbocycles. The number of hydrogen-bond acceptors (Lipinski definition) is 0. The van der Waals surface area contributed by atoms with Crippen LogP contribution >= 0.6 is 0 Å². The summed E-state index contributed by atoms with van der Waals surface area (Å²) in [5.41, 5.74) is 13.0. The molecule has 0 aromatic heterocycles. The molecular formula is C39H52Cl2Zr-2. The molecule has 1 fully saturated rings. The van der Waals surface area contributed by atoms with Crippen molar-refractivity contribution < 1.29 is 49.0 Å². The van der Waals surface area contributed by atoms with Gasteiger partial charge < -0.3 is 24.8 Å². The number of halogens is 2. The number of aryl methyl sites for hydroxylation is 2. The molecule has 2 aromatic rings. The van der Waals surface area contributed by atoms with E-state index < -0.39 is 0 Å². The van der Waals surface area contributed by atoms with E-state index in [1.54, 1.807) is 52.4 Å². The van der Waals surface area contributed by atoms with Gasteiger partial charge in [0.15, 0.2) is 0 Å². The van der Waals surface area contributed by atoms with Gasteiger partial charge in [-0.15, -0.1) is 6.92 Å². The number of benzene rings is 1. The average molecular weight is 683 g/mol. The Morgan fingerprint density at radius 1 is 0.952 bits per heavy atom. The average Bonchev–Trinajstić information content (AvgIpc) is 3.45. The first kappa shape index (κ1) is 37.2. The van der Waals surface area contributed by atoms with Gasteiger partial charge >= 0.3 is 41.3 Å². The summed E-state index contributed by atoms with van der Waals surface area (Å²) in [5, 5.41) is 0. The van der Waals surface area contributed by atoms with Gasteiger partial charge in [0.1, 0.15) is 0 Å². The van der Waals surface area contributed by atoms with E-state index in [-0.39, 0.29) is 46.5 Å². The van der Waals surface area contributed by atoms with E-state index in [0.29, 0.717) is 5.92 Å². The van der Waals surface area contributed by atoms with Crippen molar-refractivity contribution in [1.82, 2.24) is 0 Å². The first-order chi connectivity index (χ1) is 18.5. The zero-order valence-corrected chi connectivity index (χ0v) is 32.1. The third-order valence-corrected chi connectivity index (χ3v) is 11.9. The minimum absolute atomic E-state index is 0. The molecule has 0 saturated heterocycles. The molecule has 1 saturated carbocycles. The normalized spacial score (nSPS) is 25.2. The molecule has 2 atom stereocenters. The number of fused-ring (bicyclic) bond motifs is 6. The Labute approximate surface area is 285 Å². The van der Waals surface area contributed by atoms with E-state index in [2.05, 4.69) is 138 Å². The van der Waals surface area contributed by atoms with Crippen LogP contribution in [0.4, 0.5) is 0 Å². The Kier molecular flexibility index (Phi) is 11.6. The summed E-state index contributed by atoms with van der Waals surface area (Å²) in [5.74, 6) is 2.24. The van der Waals surface area contributed by atoms with Gasteiger partial charge in [-0.25, -0.2) is 17.5 Å². The van der Waals surface area contributed by atoms with Gasteiger partial charge in [0.05, 0.1) is 0 Å². The molecule has 0 bridgehead atoms. The predicted octanol–water partition coefficient (Wildman–Crippen LogP) is 4.74. The standard InChI is InChI=1S/C29H37.C7H9.C3H6.2ClH.Zr/c1-18-25-22-17-19-13-9-10-14-20(19)24(22)21-15-11-12-16-23(21)29(25,8)28(6,7)27(4,5)26(18,2)3;1-6-3-4-7(2)5-6;1-3-2;;;/h9-11,13-15,23H,12,16-17H2,1-8H3;3-5H,1-2H3;1-2H3;2*1H;/q2*-1;;;;+2/p-2. The maximum atomic E-state index is 2.62. The van der Waals surface area contributed by atoms with Crippen LogP contribution in [0.3, 0.4) is 0 Å². The third kappa shape index (κ3) is 5.74. The minimum atomic E-state index is 0. The first-order valence-corrected chi connectivity index (χ1v) is 16.5. The molecular weight excluding hydrogens is 631 g/mol. The van der Waals surface area contributed by atoms with E-state index in [1.807, 2.05) is 0 Å². The Hall–Kier alpha value is -1.01. The summed E-state index contributed by atoms with van der Waals surface area (Å²) in [7, 11) is 0. The summed E-state index contributed by atoms with van der Waals surface area (Å²) < 4.78 is 1.51. The minimum Gasteiger partial charge on any atom is -1.00 e. The van der Waals surface area contributed by atoms with Gasteiger partial charge in [0.2, 0.25) is 0 Å². The first-order valence-electron chi connectivity index (χ1n) is 15.3. The fourth-order valence-corrected chi connectivity index (χ4v) is 8.29. The maximum Gasteiger partial charge on any atom is -0.0635 e. The summed E-state index contributed by atoms with van der Waals surface area (Å²) in [6, 6.07) is 15.6. The van der Waals surface area contributed by atoms with Crippen molar-refractivity contribution in [3.05, 3.63) is 99.5 Å². The topological polar surface area (TPSA) is 0 Å². The second-order valence-electron chi connectivity index (χ2n) is 14.7. The van der Waals surface area contributed by atoms with E-state index in [0.717, 1.165) is 6.42 Å². The molecule has 228 valence electrons. The van der Waals surface area contributed by atoms with Crippen molar-refractivity contribution in [3.8, 4) is 0 Å². The fourth-order valence-electron chi connectivity index (χ4n) is 8.29. The second-order valence-corrected chi connectivity index (χ2v) is 17.2. The zero-order chi connectivity index (χ0) is 29.8. The molecule has 0 nitrogen and oxygen atoms in total. The molecule has 6 rings (SSSR count). The Bertz CT molecular complexity index is 1370. The number of rotatable bonds is 0. The van der Waals surface area contributed by atoms with Gasteiger partial charge in [-0.3, -0.25) is 0 Å². The quantitative estimate of drug-likeness (QED) is 0.353. The van der Waals surface area contributed by atoms with Crippen LogP contribution in [0, 0.1) is 47.3 Å². The van der Waals surface area contributed by atoms with Crippen molar-refractivity contribution in [2.75, 3.05) is 0 Å². The van der Waals surface area contributed by atoms with E-state index in [9.17, 15) is 0 Å². The summed E-state index contributed by atoms with van der Waals surface area (Å²) >= 11 is 1.55. The number of allylic oxidation sites excluding steroid dienone is 6. The predicted molar refractivity (Wildman–Crippen MR) is 172 cm³/mol. The van der Waals surface area contributed by atoms with E-state index in [1.165, 1.54) is 38.3 Å². The van der Waals surface area contributed by atoms with Crippen LogP contribution in [-0.4, -0.2) is 3.21 Å². The monoisotopic (exact) mass is 680 g/mol. The van der Waals surface area contributed by atoms with Crippen LogP contribution in [0.2, 0.25) is 0 Å². The van der Waals surface area contributed by atoms with Gasteiger partial charge in [0.25, 0.3) is 0 Å². The Morgan fingerprint density at radius 2 is 1.55 bits per heavy atom. The molecule has 0 amide bonds. The van der Waals surface area contributed by atoms with Crippen LogP contribution in [-0.2, 0) is 30.7 Å². The van der Waals surface area contributed by atoms with Crippen LogP contribution in [0.1, 0.15) is 104 Å². The molecule has 0 N–H and O–H groups in total. The molecule has 4 aliphatic rings. The molecule has 42 heavy (non-hydrogen) atoms. The molecule has 2 unspecified atom stereocenters.